The average molecular weight is 353 g/mol. The van der Waals surface area contributed by atoms with E-state index in [9.17, 15) is 19.1 Å². The van der Waals surface area contributed by atoms with Crippen molar-refractivity contribution in [2.45, 2.75) is 0 Å². The van der Waals surface area contributed by atoms with E-state index in [0.29, 0.717) is 0 Å². The van der Waals surface area contributed by atoms with Gasteiger partial charge in [-0.3, -0.25) is 4.79 Å². The first-order valence-corrected chi connectivity index (χ1v) is 7.16. The van der Waals surface area contributed by atoms with E-state index in [2.05, 4.69) is 11.7 Å². The lowest BCUT2D eigenvalue weighted by Gasteiger charge is -2.09. The highest BCUT2D eigenvalue weighted by molar-refractivity contribution is 6.33. The number of Topliss-reactive ketones (excluding diaryl/α,β-unsaturated/α-hetero) is 1. The van der Waals surface area contributed by atoms with Crippen LogP contribution in [0.2, 0.25) is 5.02 Å². The van der Waals surface area contributed by atoms with Gasteiger partial charge in [0.25, 0.3) is 0 Å². The Hall–Kier alpha value is -2.51. The number of hydrogen-bond acceptors (Lipinski definition) is 5. The first kappa shape index (κ1) is 17.8. The van der Waals surface area contributed by atoms with Crippen LogP contribution in [0.4, 0.5) is 4.39 Å². The zero-order valence-corrected chi connectivity index (χ0v) is 13.7. The highest BCUT2D eigenvalue weighted by Gasteiger charge is 2.30. The fourth-order valence-electron chi connectivity index (χ4n) is 2.10. The monoisotopic (exact) mass is 352 g/mol. The molecule has 0 atom stereocenters. The van der Waals surface area contributed by atoms with E-state index in [1.165, 1.54) is 12.1 Å². The number of halogens is 2. The molecule has 1 N–H and O–H groups in total. The second-order valence-corrected chi connectivity index (χ2v) is 5.68. The Kier molecular flexibility index (Phi) is 5.16. The normalized spacial score (nSPS) is 10.9. The third-order valence-corrected chi connectivity index (χ3v) is 3.49. The van der Waals surface area contributed by atoms with E-state index in [0.717, 1.165) is 6.07 Å². The van der Waals surface area contributed by atoms with Crippen molar-refractivity contribution < 1.29 is 23.6 Å². The molecule has 0 bridgehead atoms. The summed E-state index contributed by atoms with van der Waals surface area (Å²) in [5, 5.41) is 13.0. The molecule has 126 valence electrons. The van der Waals surface area contributed by atoms with Gasteiger partial charge in [-0.1, -0.05) is 29.4 Å². The van der Waals surface area contributed by atoms with Crippen molar-refractivity contribution in [2.75, 3.05) is 20.6 Å². The Labute approximate surface area is 142 Å². The molecule has 0 aliphatic rings. The van der Waals surface area contributed by atoms with Crippen molar-refractivity contribution in [1.29, 1.82) is 0 Å². The molecule has 8 heteroatoms. The van der Waals surface area contributed by atoms with Crippen molar-refractivity contribution in [1.82, 2.24) is 10.1 Å². The highest BCUT2D eigenvalue weighted by Crippen LogP contribution is 2.35. The summed E-state index contributed by atoms with van der Waals surface area (Å²) >= 11 is 5.95. The minimum Gasteiger partial charge on any atom is -0.477 e. The van der Waals surface area contributed by atoms with E-state index in [-0.39, 0.29) is 34.2 Å². The SMILES string of the molecule is C=C(C(=O)CN(C)C)c1onc(-c2c(F)cccc2Cl)c1C(=O)O. The molecular formula is C16H14ClFN2O4. The molecule has 2 rings (SSSR count). The predicted octanol–water partition coefficient (Wildman–Crippen LogP) is 2.98. The van der Waals surface area contributed by atoms with E-state index in [4.69, 9.17) is 16.1 Å². The predicted molar refractivity (Wildman–Crippen MR) is 86.5 cm³/mol. The van der Waals surface area contributed by atoms with Crippen molar-refractivity contribution in [3.63, 3.8) is 0 Å². The maximum atomic E-state index is 14.1. The summed E-state index contributed by atoms with van der Waals surface area (Å²) in [5.74, 6) is -2.94. The molecule has 1 heterocycles. The van der Waals surface area contributed by atoms with Gasteiger partial charge in [0.05, 0.1) is 22.7 Å². The van der Waals surface area contributed by atoms with Crippen LogP contribution in [-0.2, 0) is 4.79 Å². The van der Waals surface area contributed by atoms with Crippen LogP contribution in [0, 0.1) is 5.82 Å². The van der Waals surface area contributed by atoms with Gasteiger partial charge in [-0.15, -0.1) is 0 Å². The summed E-state index contributed by atoms with van der Waals surface area (Å²) in [6.07, 6.45) is 0. The van der Waals surface area contributed by atoms with E-state index in [1.54, 1.807) is 19.0 Å². The topological polar surface area (TPSA) is 83.6 Å². The molecular weight excluding hydrogens is 339 g/mol. The van der Waals surface area contributed by atoms with Gasteiger partial charge in [-0.25, -0.2) is 9.18 Å². The molecule has 1 aromatic heterocycles. The number of hydrogen-bond donors (Lipinski definition) is 1. The third kappa shape index (κ3) is 3.37. The Morgan fingerprint density at radius 1 is 1.42 bits per heavy atom. The molecule has 24 heavy (non-hydrogen) atoms. The van der Waals surface area contributed by atoms with Gasteiger partial charge < -0.3 is 14.5 Å². The number of aromatic nitrogens is 1. The van der Waals surface area contributed by atoms with Crippen molar-refractivity contribution in [2.24, 2.45) is 0 Å². The smallest absolute Gasteiger partial charge is 0.342 e. The minimum absolute atomic E-state index is 0.00831. The number of ketones is 1. The molecule has 0 fully saturated rings. The molecule has 0 saturated heterocycles. The van der Waals surface area contributed by atoms with Gasteiger partial charge in [0.15, 0.2) is 11.5 Å². The van der Waals surface area contributed by atoms with Gasteiger partial charge in [0.1, 0.15) is 17.1 Å². The Balaban J connectivity index is 2.59. The lowest BCUT2D eigenvalue weighted by atomic mass is 10.0. The van der Waals surface area contributed by atoms with Crippen LogP contribution in [-0.4, -0.2) is 47.6 Å². The zero-order chi connectivity index (χ0) is 18.0. The molecule has 6 nitrogen and oxygen atoms in total. The third-order valence-electron chi connectivity index (χ3n) is 3.18. The van der Waals surface area contributed by atoms with Gasteiger partial charge >= 0.3 is 5.97 Å². The Morgan fingerprint density at radius 2 is 2.08 bits per heavy atom. The lowest BCUT2D eigenvalue weighted by molar-refractivity contribution is -0.114. The summed E-state index contributed by atoms with van der Waals surface area (Å²) < 4.78 is 19.1. The highest BCUT2D eigenvalue weighted by atomic mass is 35.5. The number of carboxylic acids is 1. The number of rotatable bonds is 6. The quantitative estimate of drug-likeness (QED) is 0.805. The second kappa shape index (κ2) is 6.94. The number of carboxylic acid groups (broad SMARTS) is 1. The molecule has 1 aromatic carbocycles. The molecule has 0 aliphatic heterocycles. The van der Waals surface area contributed by atoms with Crippen molar-refractivity contribution >= 4 is 28.9 Å². The van der Waals surface area contributed by atoms with E-state index >= 15 is 0 Å². The number of likely N-dealkylation sites (N-methyl/N-ethyl adjacent to an activating group) is 1. The number of carbonyl (C=O) groups excluding carboxylic acids is 1. The summed E-state index contributed by atoms with van der Waals surface area (Å²) in [7, 11) is 3.35. The first-order valence-electron chi connectivity index (χ1n) is 6.78. The Morgan fingerprint density at radius 3 is 2.62 bits per heavy atom. The van der Waals surface area contributed by atoms with Crippen LogP contribution < -0.4 is 0 Å². The summed E-state index contributed by atoms with van der Waals surface area (Å²) in [4.78, 5) is 25.3. The summed E-state index contributed by atoms with van der Waals surface area (Å²) in [6, 6.07) is 3.89. The molecule has 0 saturated carbocycles. The number of carbonyl (C=O) groups is 2. The molecule has 2 aromatic rings. The van der Waals surface area contributed by atoms with Crippen molar-refractivity contribution in [3.8, 4) is 11.3 Å². The van der Waals surface area contributed by atoms with Gasteiger partial charge in [0, 0.05) is 0 Å². The lowest BCUT2D eigenvalue weighted by Crippen LogP contribution is -2.22. The Bertz CT molecular complexity index is 809. The van der Waals surface area contributed by atoms with Crippen LogP contribution in [0.25, 0.3) is 16.8 Å². The summed E-state index contributed by atoms with van der Waals surface area (Å²) in [5.41, 5.74) is -1.12. The minimum atomic E-state index is -1.43. The molecule has 0 spiro atoms. The number of benzene rings is 1. The number of aromatic carboxylic acids is 1. The first-order chi connectivity index (χ1) is 11.2. The standard InChI is InChI=1S/C16H14ClFN2O4/c1-8(11(21)7-20(2)3)15-13(16(22)23)14(19-24-15)12-9(17)5-4-6-10(12)18/h4-6H,1,7H2,2-3H3,(H,22,23). The fourth-order valence-corrected chi connectivity index (χ4v) is 2.35. The van der Waals surface area contributed by atoms with Crippen molar-refractivity contribution in [3.05, 3.63) is 46.9 Å². The molecule has 0 radical (unpaired) electrons. The van der Waals surface area contributed by atoms with Crippen LogP contribution in [0.3, 0.4) is 0 Å². The second-order valence-electron chi connectivity index (χ2n) is 5.28. The van der Waals surface area contributed by atoms with Gasteiger partial charge in [-0.05, 0) is 26.2 Å². The van der Waals surface area contributed by atoms with Gasteiger partial charge in [0.2, 0.25) is 0 Å². The van der Waals surface area contributed by atoms with E-state index in [1.807, 2.05) is 0 Å². The van der Waals surface area contributed by atoms with Crippen LogP contribution in [0.5, 0.6) is 0 Å². The molecule has 0 amide bonds. The van der Waals surface area contributed by atoms with Gasteiger partial charge in [-0.2, -0.15) is 0 Å². The van der Waals surface area contributed by atoms with E-state index < -0.39 is 23.1 Å². The number of nitrogens with zero attached hydrogens (tertiary/aromatic N) is 2. The maximum Gasteiger partial charge on any atom is 0.342 e. The summed E-state index contributed by atoms with van der Waals surface area (Å²) in [6.45, 7) is 3.58. The largest absolute Gasteiger partial charge is 0.477 e. The average Bonchev–Trinajstić information content (AvgIpc) is 2.90. The maximum absolute atomic E-state index is 14.1. The fraction of sp³-hybridized carbons (Fsp3) is 0.188. The molecule has 0 aliphatic carbocycles. The van der Waals surface area contributed by atoms with Crippen LogP contribution in [0.1, 0.15) is 16.1 Å². The molecule has 0 unspecified atom stereocenters. The zero-order valence-electron chi connectivity index (χ0n) is 13.0. The van der Waals surface area contributed by atoms with Crippen LogP contribution in [0.15, 0.2) is 29.3 Å². The van der Waals surface area contributed by atoms with Crippen LogP contribution >= 0.6 is 11.6 Å².